The van der Waals surface area contributed by atoms with Gasteiger partial charge in [-0.05, 0) is 31.8 Å². The molecule has 33 heavy (non-hydrogen) atoms. The van der Waals surface area contributed by atoms with Crippen LogP contribution in [0.15, 0.2) is 54.7 Å². The van der Waals surface area contributed by atoms with Gasteiger partial charge in [0.25, 0.3) is 5.91 Å². The molecule has 4 rings (SSSR count). The monoisotopic (exact) mass is 448 g/mol. The van der Waals surface area contributed by atoms with Gasteiger partial charge in [0.2, 0.25) is 0 Å². The smallest absolute Gasteiger partial charge is 0.255 e. The molecule has 174 valence electrons. The van der Waals surface area contributed by atoms with Crippen LogP contribution in [0.25, 0.3) is 11.3 Å². The summed E-state index contributed by atoms with van der Waals surface area (Å²) in [6.45, 7) is 7.34. The van der Waals surface area contributed by atoms with E-state index in [2.05, 4.69) is 29.2 Å². The Kier molecular flexibility index (Phi) is 6.70. The Morgan fingerprint density at radius 3 is 2.55 bits per heavy atom. The maximum Gasteiger partial charge on any atom is 0.255 e. The van der Waals surface area contributed by atoms with E-state index in [-0.39, 0.29) is 11.3 Å². The van der Waals surface area contributed by atoms with Crippen molar-refractivity contribution in [2.75, 3.05) is 40.4 Å². The molecule has 3 aromatic rings. The second-order valence-electron chi connectivity index (χ2n) is 9.22. The summed E-state index contributed by atoms with van der Waals surface area (Å²) in [5.41, 5.74) is 3.19. The maximum absolute atomic E-state index is 13.3. The number of benzene rings is 2. The Morgan fingerprint density at radius 1 is 1.09 bits per heavy atom. The number of fused-ring (bicyclic) bond motifs is 1. The molecule has 2 heterocycles. The predicted molar refractivity (Wildman–Crippen MR) is 129 cm³/mol. The van der Waals surface area contributed by atoms with Gasteiger partial charge in [0.05, 0.1) is 24.0 Å². The SMILES string of the molecule is CN(C)CCn1ncc(C(=O)NCC(C)(C)c2ccc3c(c2)OCCO3)c1-c1ccccc1. The van der Waals surface area contributed by atoms with Crippen LogP contribution >= 0.6 is 0 Å². The summed E-state index contributed by atoms with van der Waals surface area (Å²) < 4.78 is 13.3. The van der Waals surface area contributed by atoms with Gasteiger partial charge < -0.3 is 19.7 Å². The summed E-state index contributed by atoms with van der Waals surface area (Å²) in [6.07, 6.45) is 1.67. The highest BCUT2D eigenvalue weighted by molar-refractivity contribution is 6.00. The minimum atomic E-state index is -0.292. The lowest BCUT2D eigenvalue weighted by molar-refractivity contribution is 0.0946. The van der Waals surface area contributed by atoms with Crippen LogP contribution in [0.4, 0.5) is 0 Å². The first-order valence-corrected chi connectivity index (χ1v) is 11.3. The number of amides is 1. The summed E-state index contributed by atoms with van der Waals surface area (Å²) in [5.74, 6) is 1.39. The van der Waals surface area contributed by atoms with E-state index in [9.17, 15) is 4.79 Å². The number of hydrogen-bond acceptors (Lipinski definition) is 5. The van der Waals surface area contributed by atoms with Gasteiger partial charge in [-0.3, -0.25) is 9.48 Å². The molecule has 1 aliphatic heterocycles. The molecule has 7 heteroatoms. The Morgan fingerprint density at radius 2 is 1.82 bits per heavy atom. The van der Waals surface area contributed by atoms with E-state index in [1.54, 1.807) is 6.20 Å². The molecule has 0 saturated heterocycles. The second-order valence-corrected chi connectivity index (χ2v) is 9.22. The van der Waals surface area contributed by atoms with E-state index in [1.165, 1.54) is 0 Å². The molecule has 0 atom stereocenters. The van der Waals surface area contributed by atoms with Crippen molar-refractivity contribution in [3.8, 4) is 22.8 Å². The Balaban J connectivity index is 1.53. The third kappa shape index (κ3) is 5.20. The van der Waals surface area contributed by atoms with Crippen molar-refractivity contribution >= 4 is 5.91 Å². The van der Waals surface area contributed by atoms with Crippen LogP contribution in [0.3, 0.4) is 0 Å². The summed E-state index contributed by atoms with van der Waals surface area (Å²) in [4.78, 5) is 15.4. The summed E-state index contributed by atoms with van der Waals surface area (Å²) in [6, 6.07) is 15.9. The molecule has 0 fully saturated rings. The van der Waals surface area contributed by atoms with Gasteiger partial charge in [0.15, 0.2) is 11.5 Å². The zero-order valence-corrected chi connectivity index (χ0v) is 19.8. The molecule has 1 N–H and O–H groups in total. The maximum atomic E-state index is 13.3. The van der Waals surface area contributed by atoms with Gasteiger partial charge in [0.1, 0.15) is 13.2 Å². The van der Waals surface area contributed by atoms with E-state index < -0.39 is 0 Å². The molecule has 0 spiro atoms. The first kappa shape index (κ1) is 22.9. The fourth-order valence-electron chi connectivity index (χ4n) is 3.88. The molecule has 0 radical (unpaired) electrons. The van der Waals surface area contributed by atoms with Crippen LogP contribution in [0, 0.1) is 0 Å². The fourth-order valence-corrected chi connectivity index (χ4v) is 3.88. The first-order valence-electron chi connectivity index (χ1n) is 11.3. The molecule has 0 saturated carbocycles. The highest BCUT2D eigenvalue weighted by atomic mass is 16.6. The van der Waals surface area contributed by atoms with Gasteiger partial charge in [-0.1, -0.05) is 50.2 Å². The van der Waals surface area contributed by atoms with Crippen molar-refractivity contribution in [1.29, 1.82) is 0 Å². The molecule has 1 amide bonds. The third-order valence-corrected chi connectivity index (χ3v) is 5.90. The van der Waals surface area contributed by atoms with Crippen molar-refractivity contribution < 1.29 is 14.3 Å². The largest absolute Gasteiger partial charge is 0.486 e. The number of nitrogens with one attached hydrogen (secondary N) is 1. The third-order valence-electron chi connectivity index (χ3n) is 5.90. The predicted octanol–water partition coefficient (Wildman–Crippen LogP) is 3.59. The highest BCUT2D eigenvalue weighted by Gasteiger charge is 2.26. The van der Waals surface area contributed by atoms with Gasteiger partial charge in [0, 0.05) is 24.1 Å². The average Bonchev–Trinajstić information content (AvgIpc) is 3.25. The number of rotatable bonds is 8. The van der Waals surface area contributed by atoms with Crippen molar-refractivity contribution in [3.05, 3.63) is 65.9 Å². The summed E-state index contributed by atoms with van der Waals surface area (Å²) in [5, 5.41) is 7.67. The zero-order chi connectivity index (χ0) is 23.4. The summed E-state index contributed by atoms with van der Waals surface area (Å²) in [7, 11) is 4.05. The lowest BCUT2D eigenvalue weighted by Crippen LogP contribution is -2.37. The lowest BCUT2D eigenvalue weighted by Gasteiger charge is -2.28. The number of carbonyl (C=O) groups is 1. The standard InChI is InChI=1S/C26H32N4O3/c1-26(2,20-10-11-22-23(16-20)33-15-14-32-22)18-27-25(31)21-17-28-30(13-12-29(3)4)24(21)19-8-6-5-7-9-19/h5-11,16-17H,12-15,18H2,1-4H3,(H,27,31). The quantitative estimate of drug-likeness (QED) is 0.570. The van der Waals surface area contributed by atoms with Crippen molar-refractivity contribution in [2.45, 2.75) is 25.8 Å². The molecule has 1 aromatic heterocycles. The van der Waals surface area contributed by atoms with Gasteiger partial charge in [-0.2, -0.15) is 5.10 Å². The van der Waals surface area contributed by atoms with E-state index in [0.29, 0.717) is 31.9 Å². The van der Waals surface area contributed by atoms with E-state index >= 15 is 0 Å². The Labute approximate surface area is 195 Å². The molecule has 0 aliphatic carbocycles. The van der Waals surface area contributed by atoms with Crippen LogP contribution in [-0.2, 0) is 12.0 Å². The van der Waals surface area contributed by atoms with Crippen LogP contribution in [-0.4, -0.2) is 61.0 Å². The molecule has 1 aliphatic rings. The molecule has 7 nitrogen and oxygen atoms in total. The van der Waals surface area contributed by atoms with E-state index in [0.717, 1.165) is 34.9 Å². The minimum Gasteiger partial charge on any atom is -0.486 e. The number of carbonyl (C=O) groups excluding carboxylic acids is 1. The van der Waals surface area contributed by atoms with Gasteiger partial charge in [-0.15, -0.1) is 0 Å². The normalized spacial score (nSPS) is 13.2. The van der Waals surface area contributed by atoms with Crippen LogP contribution in [0.5, 0.6) is 11.5 Å². The number of nitrogens with zero attached hydrogens (tertiary/aromatic N) is 3. The second kappa shape index (κ2) is 9.67. The van der Waals surface area contributed by atoms with Crippen molar-refractivity contribution in [1.82, 2.24) is 20.0 Å². The molecule has 0 unspecified atom stereocenters. The van der Waals surface area contributed by atoms with Crippen molar-refractivity contribution in [2.24, 2.45) is 0 Å². The highest BCUT2D eigenvalue weighted by Crippen LogP contribution is 2.35. The zero-order valence-electron chi connectivity index (χ0n) is 19.8. The Hall–Kier alpha value is -3.32. The van der Waals surface area contributed by atoms with Crippen LogP contribution in [0.1, 0.15) is 29.8 Å². The number of ether oxygens (including phenoxy) is 2. The minimum absolute atomic E-state index is 0.129. The van der Waals surface area contributed by atoms with Crippen molar-refractivity contribution in [3.63, 3.8) is 0 Å². The van der Waals surface area contributed by atoms with Gasteiger partial charge >= 0.3 is 0 Å². The lowest BCUT2D eigenvalue weighted by atomic mass is 9.84. The topological polar surface area (TPSA) is 68.6 Å². The van der Waals surface area contributed by atoms with E-state index in [1.807, 2.05) is 67.3 Å². The van der Waals surface area contributed by atoms with Crippen LogP contribution < -0.4 is 14.8 Å². The van der Waals surface area contributed by atoms with E-state index in [4.69, 9.17) is 9.47 Å². The number of likely N-dealkylation sites (N-methyl/N-ethyl adjacent to an activating group) is 1. The summed E-state index contributed by atoms with van der Waals surface area (Å²) >= 11 is 0. The molecule has 2 aromatic carbocycles. The molecule has 0 bridgehead atoms. The fraction of sp³-hybridized carbons (Fsp3) is 0.385. The number of hydrogen-bond donors (Lipinski definition) is 1. The molecular weight excluding hydrogens is 416 g/mol. The van der Waals surface area contributed by atoms with Crippen LogP contribution in [0.2, 0.25) is 0 Å². The molecular formula is C26H32N4O3. The Bertz CT molecular complexity index is 1110. The van der Waals surface area contributed by atoms with Gasteiger partial charge in [-0.25, -0.2) is 0 Å². The average molecular weight is 449 g/mol. The first-order chi connectivity index (χ1) is 15.8. The number of aromatic nitrogens is 2.